The van der Waals surface area contributed by atoms with Crippen LogP contribution < -0.4 is 10.5 Å². The lowest BCUT2D eigenvalue weighted by Crippen LogP contribution is -2.15. The van der Waals surface area contributed by atoms with Crippen LogP contribution in [-0.4, -0.2) is 11.6 Å². The van der Waals surface area contributed by atoms with Gasteiger partial charge in [0.2, 0.25) is 0 Å². The molecule has 3 rings (SSSR count). The minimum absolute atomic E-state index is 0.00475. The number of nitrogens with two attached hydrogens (primary N) is 1. The van der Waals surface area contributed by atoms with E-state index in [4.69, 9.17) is 15.5 Å². The van der Waals surface area contributed by atoms with Crippen molar-refractivity contribution in [3.8, 4) is 5.75 Å². The van der Waals surface area contributed by atoms with Gasteiger partial charge >= 0.3 is 0 Å². The number of ether oxygens (including phenoxy) is 1. The van der Waals surface area contributed by atoms with Gasteiger partial charge in [-0.15, -0.1) is 11.3 Å². The molecule has 0 aliphatic carbocycles. The molecule has 2 aromatic rings. The van der Waals surface area contributed by atoms with Crippen LogP contribution in [0.1, 0.15) is 48.6 Å². The van der Waals surface area contributed by atoms with Crippen molar-refractivity contribution in [2.24, 2.45) is 5.73 Å². The smallest absolute Gasteiger partial charge is 0.122 e. The van der Waals surface area contributed by atoms with Crippen LogP contribution in [0.5, 0.6) is 5.75 Å². The molecular formula is C17H22N2OS. The molecule has 0 bridgehead atoms. The first-order valence-electron chi connectivity index (χ1n) is 7.39. The van der Waals surface area contributed by atoms with Gasteiger partial charge in [-0.1, -0.05) is 32.9 Å². The molecule has 2 heterocycles. The van der Waals surface area contributed by atoms with E-state index in [0.29, 0.717) is 0 Å². The standard InChI is InChI=1S/C17H22N2OS/c1-17(2,3)15-10-21-16(19-15)9-13(18)11-4-5-14-12(8-11)6-7-20-14/h4-5,8,10,13H,6-7,9,18H2,1-3H3. The summed E-state index contributed by atoms with van der Waals surface area (Å²) in [6, 6.07) is 6.30. The summed E-state index contributed by atoms with van der Waals surface area (Å²) in [7, 11) is 0. The van der Waals surface area contributed by atoms with Gasteiger partial charge in [-0.25, -0.2) is 4.98 Å². The van der Waals surface area contributed by atoms with Gasteiger partial charge in [0.25, 0.3) is 0 Å². The van der Waals surface area contributed by atoms with Crippen molar-refractivity contribution in [1.29, 1.82) is 0 Å². The molecular weight excluding hydrogens is 280 g/mol. The topological polar surface area (TPSA) is 48.1 Å². The molecule has 1 aromatic carbocycles. The number of hydrogen-bond donors (Lipinski definition) is 1. The Morgan fingerprint density at radius 1 is 1.38 bits per heavy atom. The maximum atomic E-state index is 6.37. The van der Waals surface area contributed by atoms with E-state index in [1.54, 1.807) is 11.3 Å². The van der Waals surface area contributed by atoms with Crippen molar-refractivity contribution >= 4 is 11.3 Å². The first-order valence-corrected chi connectivity index (χ1v) is 8.27. The highest BCUT2D eigenvalue weighted by atomic mass is 32.1. The van der Waals surface area contributed by atoms with Crippen LogP contribution in [0.15, 0.2) is 23.6 Å². The van der Waals surface area contributed by atoms with Gasteiger partial charge in [-0.05, 0) is 17.2 Å². The molecule has 2 N–H and O–H groups in total. The molecule has 0 spiro atoms. The Morgan fingerprint density at radius 2 is 2.19 bits per heavy atom. The van der Waals surface area contributed by atoms with Gasteiger partial charge in [0.05, 0.1) is 17.3 Å². The van der Waals surface area contributed by atoms with Crippen molar-refractivity contribution in [2.45, 2.75) is 45.1 Å². The zero-order valence-electron chi connectivity index (χ0n) is 12.8. The average Bonchev–Trinajstić information content (AvgIpc) is 3.04. The average molecular weight is 302 g/mol. The highest BCUT2D eigenvalue weighted by Gasteiger charge is 2.19. The largest absolute Gasteiger partial charge is 0.493 e. The third kappa shape index (κ3) is 3.11. The summed E-state index contributed by atoms with van der Waals surface area (Å²) in [4.78, 5) is 4.73. The Balaban J connectivity index is 1.74. The predicted octanol–water partition coefficient (Wildman–Crippen LogP) is 3.62. The van der Waals surface area contributed by atoms with E-state index < -0.39 is 0 Å². The summed E-state index contributed by atoms with van der Waals surface area (Å²) in [5, 5.41) is 3.27. The molecule has 0 saturated carbocycles. The molecule has 1 aliphatic rings. The Kier molecular flexibility index (Phi) is 3.76. The van der Waals surface area contributed by atoms with Crippen LogP contribution in [0.2, 0.25) is 0 Å². The number of thiazole rings is 1. The second kappa shape index (κ2) is 5.43. The molecule has 0 fully saturated rings. The summed E-state index contributed by atoms with van der Waals surface area (Å²) >= 11 is 1.71. The Labute approximate surface area is 130 Å². The zero-order valence-corrected chi connectivity index (χ0v) is 13.7. The van der Waals surface area contributed by atoms with Gasteiger partial charge in [-0.2, -0.15) is 0 Å². The molecule has 1 atom stereocenters. The molecule has 0 amide bonds. The molecule has 0 radical (unpaired) electrons. The highest BCUT2D eigenvalue weighted by Crippen LogP contribution is 2.30. The van der Waals surface area contributed by atoms with Crippen LogP contribution in [0.25, 0.3) is 0 Å². The second-order valence-corrected chi connectivity index (χ2v) is 7.60. The monoisotopic (exact) mass is 302 g/mol. The molecule has 3 nitrogen and oxygen atoms in total. The van der Waals surface area contributed by atoms with Crippen LogP contribution >= 0.6 is 11.3 Å². The normalized spacial score (nSPS) is 15.6. The highest BCUT2D eigenvalue weighted by molar-refractivity contribution is 7.09. The maximum absolute atomic E-state index is 6.37. The fourth-order valence-corrected chi connectivity index (χ4v) is 3.57. The SMILES string of the molecule is CC(C)(C)c1csc(CC(N)c2ccc3c(c2)CCO3)n1. The number of hydrogen-bond acceptors (Lipinski definition) is 4. The van der Waals surface area contributed by atoms with Crippen LogP contribution in [0.3, 0.4) is 0 Å². The molecule has 21 heavy (non-hydrogen) atoms. The van der Waals surface area contributed by atoms with Crippen LogP contribution in [-0.2, 0) is 18.3 Å². The summed E-state index contributed by atoms with van der Waals surface area (Å²) in [5.41, 5.74) is 10.1. The summed E-state index contributed by atoms with van der Waals surface area (Å²) < 4.78 is 5.54. The van der Waals surface area contributed by atoms with E-state index in [9.17, 15) is 0 Å². The van der Waals surface area contributed by atoms with Gasteiger partial charge in [0.15, 0.2) is 0 Å². The van der Waals surface area contributed by atoms with E-state index >= 15 is 0 Å². The van der Waals surface area contributed by atoms with Crippen molar-refractivity contribution in [3.05, 3.63) is 45.4 Å². The van der Waals surface area contributed by atoms with E-state index in [2.05, 4.69) is 38.3 Å². The number of nitrogens with zero attached hydrogens (tertiary/aromatic N) is 1. The maximum Gasteiger partial charge on any atom is 0.122 e. The lowest BCUT2D eigenvalue weighted by molar-refractivity contribution is 0.357. The minimum Gasteiger partial charge on any atom is -0.493 e. The fraction of sp³-hybridized carbons (Fsp3) is 0.471. The third-order valence-corrected chi connectivity index (χ3v) is 4.73. The molecule has 1 aliphatic heterocycles. The molecule has 1 aromatic heterocycles. The zero-order chi connectivity index (χ0) is 15.0. The van der Waals surface area contributed by atoms with Crippen LogP contribution in [0.4, 0.5) is 0 Å². The molecule has 112 valence electrons. The van der Waals surface area contributed by atoms with E-state index in [1.807, 2.05) is 6.07 Å². The Hall–Kier alpha value is -1.39. The van der Waals surface area contributed by atoms with Gasteiger partial charge in [-0.3, -0.25) is 0 Å². The quantitative estimate of drug-likeness (QED) is 0.942. The minimum atomic E-state index is -0.00475. The molecule has 4 heteroatoms. The lowest BCUT2D eigenvalue weighted by atomic mass is 9.93. The van der Waals surface area contributed by atoms with Crippen LogP contribution in [0, 0.1) is 0 Å². The molecule has 0 saturated heterocycles. The first kappa shape index (κ1) is 14.5. The third-order valence-electron chi connectivity index (χ3n) is 3.86. The van der Waals surface area contributed by atoms with Crippen molar-refractivity contribution in [2.75, 3.05) is 6.61 Å². The van der Waals surface area contributed by atoms with E-state index in [1.165, 1.54) is 11.1 Å². The van der Waals surface area contributed by atoms with E-state index in [0.717, 1.165) is 35.9 Å². The fourth-order valence-electron chi connectivity index (χ4n) is 2.49. The summed E-state index contributed by atoms with van der Waals surface area (Å²) in [5.74, 6) is 1.01. The summed E-state index contributed by atoms with van der Waals surface area (Å²) in [6.07, 6.45) is 1.78. The second-order valence-electron chi connectivity index (χ2n) is 6.65. The Bertz CT molecular complexity index is 642. The number of rotatable bonds is 3. The predicted molar refractivity (Wildman–Crippen MR) is 87.1 cm³/mol. The van der Waals surface area contributed by atoms with Gasteiger partial charge in [0, 0.05) is 29.7 Å². The number of fused-ring (bicyclic) bond motifs is 1. The van der Waals surface area contributed by atoms with E-state index in [-0.39, 0.29) is 11.5 Å². The number of aromatic nitrogens is 1. The molecule has 1 unspecified atom stereocenters. The van der Waals surface area contributed by atoms with Gasteiger partial charge in [0.1, 0.15) is 5.75 Å². The first-order chi connectivity index (χ1) is 9.93. The number of benzene rings is 1. The lowest BCUT2D eigenvalue weighted by Gasteiger charge is -2.15. The van der Waals surface area contributed by atoms with Gasteiger partial charge < -0.3 is 10.5 Å². The van der Waals surface area contributed by atoms with Crippen molar-refractivity contribution in [1.82, 2.24) is 4.98 Å². The van der Waals surface area contributed by atoms with Crippen molar-refractivity contribution in [3.63, 3.8) is 0 Å². The van der Waals surface area contributed by atoms with Crippen molar-refractivity contribution < 1.29 is 4.74 Å². The Morgan fingerprint density at radius 3 is 2.90 bits per heavy atom. The summed E-state index contributed by atoms with van der Waals surface area (Å²) in [6.45, 7) is 7.35.